The number of anilines is 2. The quantitative estimate of drug-likeness (QED) is 0.832. The highest BCUT2D eigenvalue weighted by molar-refractivity contribution is 7.09. The number of carbonyl (C=O) groups is 1. The number of amides is 1. The molecule has 0 unspecified atom stereocenters. The minimum Gasteiger partial charge on any atom is -0.399 e. The van der Waals surface area contributed by atoms with Crippen molar-refractivity contribution in [3.05, 3.63) is 39.8 Å². The van der Waals surface area contributed by atoms with Crippen LogP contribution in [0.15, 0.2) is 23.7 Å². The highest BCUT2D eigenvalue weighted by Crippen LogP contribution is 2.25. The molecule has 1 amide bonds. The van der Waals surface area contributed by atoms with Gasteiger partial charge in [0.1, 0.15) is 0 Å². The molecule has 0 spiro atoms. The maximum atomic E-state index is 12.2. The summed E-state index contributed by atoms with van der Waals surface area (Å²) >= 11 is 1.62. The smallest absolute Gasteiger partial charge is 0.253 e. The molecule has 1 heterocycles. The van der Waals surface area contributed by atoms with Gasteiger partial charge in [0.05, 0.1) is 29.0 Å². The van der Waals surface area contributed by atoms with Gasteiger partial charge in [-0.25, -0.2) is 4.98 Å². The van der Waals surface area contributed by atoms with Crippen molar-refractivity contribution in [3.8, 4) is 0 Å². The fraction of sp³-hybridized carbons (Fsp3) is 0.333. The predicted molar refractivity (Wildman–Crippen MR) is 87.8 cm³/mol. The summed E-state index contributed by atoms with van der Waals surface area (Å²) in [4.78, 5) is 19.6. The van der Waals surface area contributed by atoms with Crippen molar-refractivity contribution in [2.75, 3.05) is 24.2 Å². The third kappa shape index (κ3) is 3.52. The number of benzene rings is 1. The lowest BCUT2D eigenvalue weighted by atomic mass is 10.1. The van der Waals surface area contributed by atoms with Gasteiger partial charge in [0, 0.05) is 24.2 Å². The molecule has 0 aliphatic carbocycles. The molecule has 0 radical (unpaired) electrons. The topological polar surface area (TPSA) is 71.2 Å². The van der Waals surface area contributed by atoms with Crippen molar-refractivity contribution in [2.45, 2.75) is 20.4 Å². The monoisotopic (exact) mass is 304 g/mol. The van der Waals surface area contributed by atoms with Gasteiger partial charge >= 0.3 is 0 Å². The fourth-order valence-electron chi connectivity index (χ4n) is 2.09. The highest BCUT2D eigenvalue weighted by atomic mass is 32.1. The first-order valence-electron chi connectivity index (χ1n) is 6.80. The second-order valence-electron chi connectivity index (χ2n) is 4.85. The van der Waals surface area contributed by atoms with Gasteiger partial charge in [0.15, 0.2) is 0 Å². The molecule has 0 atom stereocenters. The molecule has 2 rings (SSSR count). The van der Waals surface area contributed by atoms with Crippen LogP contribution in [-0.2, 0) is 6.54 Å². The third-order valence-electron chi connectivity index (χ3n) is 3.24. The standard InChI is InChI=1S/C15H20N4OS/c1-4-17-15(20)12-6-5-11(16)7-13(12)19(3)8-14-10(2)18-9-21-14/h5-7,9H,4,8,16H2,1-3H3,(H,17,20). The Balaban J connectivity index is 2.30. The minimum absolute atomic E-state index is 0.0830. The SMILES string of the molecule is CCNC(=O)c1ccc(N)cc1N(C)Cc1scnc1C. The summed E-state index contributed by atoms with van der Waals surface area (Å²) in [6.45, 7) is 5.19. The molecule has 0 saturated heterocycles. The summed E-state index contributed by atoms with van der Waals surface area (Å²) in [6.07, 6.45) is 0. The molecule has 1 aromatic carbocycles. The summed E-state index contributed by atoms with van der Waals surface area (Å²) in [6, 6.07) is 5.35. The Morgan fingerprint density at radius 3 is 2.86 bits per heavy atom. The van der Waals surface area contributed by atoms with Crippen molar-refractivity contribution < 1.29 is 4.79 Å². The molecular weight excluding hydrogens is 284 g/mol. The van der Waals surface area contributed by atoms with Gasteiger partial charge in [-0.3, -0.25) is 4.79 Å². The zero-order valence-corrected chi connectivity index (χ0v) is 13.3. The Morgan fingerprint density at radius 2 is 2.24 bits per heavy atom. The van der Waals surface area contributed by atoms with Crippen LogP contribution in [0.25, 0.3) is 0 Å². The van der Waals surface area contributed by atoms with E-state index < -0.39 is 0 Å². The Hall–Kier alpha value is -2.08. The second-order valence-corrected chi connectivity index (χ2v) is 5.79. The van der Waals surface area contributed by atoms with E-state index in [0.717, 1.165) is 11.4 Å². The largest absolute Gasteiger partial charge is 0.399 e. The van der Waals surface area contributed by atoms with E-state index in [0.29, 0.717) is 24.3 Å². The van der Waals surface area contributed by atoms with E-state index in [1.54, 1.807) is 23.5 Å². The van der Waals surface area contributed by atoms with Gasteiger partial charge in [-0.15, -0.1) is 11.3 Å². The minimum atomic E-state index is -0.0830. The number of rotatable bonds is 5. The Labute approximate surface area is 128 Å². The first-order chi connectivity index (χ1) is 10.0. The van der Waals surface area contributed by atoms with Crippen molar-refractivity contribution >= 4 is 28.6 Å². The second kappa shape index (κ2) is 6.58. The molecule has 0 bridgehead atoms. The van der Waals surface area contributed by atoms with Crippen LogP contribution in [-0.4, -0.2) is 24.5 Å². The first-order valence-corrected chi connectivity index (χ1v) is 7.68. The summed E-state index contributed by atoms with van der Waals surface area (Å²) in [5, 5.41) is 2.83. The molecule has 0 aliphatic rings. The number of aromatic nitrogens is 1. The number of nitrogens with two attached hydrogens (primary N) is 1. The molecule has 21 heavy (non-hydrogen) atoms. The van der Waals surface area contributed by atoms with E-state index in [4.69, 9.17) is 5.73 Å². The molecule has 2 aromatic rings. The van der Waals surface area contributed by atoms with Crippen LogP contribution in [0.3, 0.4) is 0 Å². The molecular formula is C15H20N4OS. The average Bonchev–Trinajstić information content (AvgIpc) is 2.84. The molecule has 112 valence electrons. The zero-order chi connectivity index (χ0) is 15.4. The number of thiazole rings is 1. The maximum Gasteiger partial charge on any atom is 0.253 e. The zero-order valence-electron chi connectivity index (χ0n) is 12.5. The summed E-state index contributed by atoms with van der Waals surface area (Å²) in [5.41, 5.74) is 10.8. The van der Waals surface area contributed by atoms with E-state index >= 15 is 0 Å². The molecule has 0 fully saturated rings. The molecule has 0 saturated carbocycles. The van der Waals surface area contributed by atoms with Crippen LogP contribution in [0, 0.1) is 6.92 Å². The highest BCUT2D eigenvalue weighted by Gasteiger charge is 2.15. The normalized spacial score (nSPS) is 10.4. The fourth-order valence-corrected chi connectivity index (χ4v) is 2.92. The molecule has 5 nitrogen and oxygen atoms in total. The van der Waals surface area contributed by atoms with Gasteiger partial charge in [-0.2, -0.15) is 0 Å². The summed E-state index contributed by atoms with van der Waals surface area (Å²) in [7, 11) is 1.96. The van der Waals surface area contributed by atoms with Gasteiger partial charge in [0.2, 0.25) is 0 Å². The molecule has 0 aliphatic heterocycles. The van der Waals surface area contributed by atoms with Crippen LogP contribution in [0.5, 0.6) is 0 Å². The Kier molecular flexibility index (Phi) is 4.80. The number of carbonyl (C=O) groups excluding carboxylic acids is 1. The van der Waals surface area contributed by atoms with Crippen LogP contribution >= 0.6 is 11.3 Å². The number of nitrogens with one attached hydrogen (secondary N) is 1. The Bertz CT molecular complexity index is 638. The van der Waals surface area contributed by atoms with Crippen molar-refractivity contribution in [3.63, 3.8) is 0 Å². The van der Waals surface area contributed by atoms with Gasteiger partial charge in [0.25, 0.3) is 5.91 Å². The van der Waals surface area contributed by atoms with Crippen molar-refractivity contribution in [1.29, 1.82) is 0 Å². The number of aryl methyl sites for hydroxylation is 1. The first kappa shape index (κ1) is 15.3. The maximum absolute atomic E-state index is 12.2. The third-order valence-corrected chi connectivity index (χ3v) is 4.16. The molecule has 3 N–H and O–H groups in total. The number of nitrogen functional groups attached to an aromatic ring is 1. The van der Waals surface area contributed by atoms with Crippen LogP contribution in [0.1, 0.15) is 27.9 Å². The van der Waals surface area contributed by atoms with Gasteiger partial charge in [-0.05, 0) is 32.0 Å². The molecule has 1 aromatic heterocycles. The van der Waals surface area contributed by atoms with E-state index in [2.05, 4.69) is 10.3 Å². The van der Waals surface area contributed by atoms with E-state index in [1.807, 2.05) is 37.4 Å². The van der Waals surface area contributed by atoms with Gasteiger partial charge in [-0.1, -0.05) is 0 Å². The lowest BCUT2D eigenvalue weighted by Crippen LogP contribution is -2.26. The lowest BCUT2D eigenvalue weighted by Gasteiger charge is -2.22. The van der Waals surface area contributed by atoms with Crippen LogP contribution < -0.4 is 16.0 Å². The van der Waals surface area contributed by atoms with E-state index in [1.165, 1.54) is 4.88 Å². The van der Waals surface area contributed by atoms with E-state index in [-0.39, 0.29) is 5.91 Å². The van der Waals surface area contributed by atoms with Gasteiger partial charge < -0.3 is 16.0 Å². The number of hydrogen-bond acceptors (Lipinski definition) is 5. The summed E-state index contributed by atoms with van der Waals surface area (Å²) < 4.78 is 0. The number of nitrogens with zero attached hydrogens (tertiary/aromatic N) is 2. The lowest BCUT2D eigenvalue weighted by molar-refractivity contribution is 0.0956. The summed E-state index contributed by atoms with van der Waals surface area (Å²) in [5.74, 6) is -0.0830. The van der Waals surface area contributed by atoms with Crippen LogP contribution in [0.2, 0.25) is 0 Å². The van der Waals surface area contributed by atoms with Crippen molar-refractivity contribution in [1.82, 2.24) is 10.3 Å². The molecule has 6 heteroatoms. The predicted octanol–water partition coefficient (Wildman–Crippen LogP) is 2.42. The van der Waals surface area contributed by atoms with Crippen molar-refractivity contribution in [2.24, 2.45) is 0 Å². The number of hydrogen-bond donors (Lipinski definition) is 2. The van der Waals surface area contributed by atoms with Crippen LogP contribution in [0.4, 0.5) is 11.4 Å². The Morgan fingerprint density at radius 1 is 1.48 bits per heavy atom. The van der Waals surface area contributed by atoms with E-state index in [9.17, 15) is 4.79 Å². The average molecular weight is 304 g/mol.